The molecule has 0 fully saturated rings. The lowest BCUT2D eigenvalue weighted by Gasteiger charge is -2.31. The number of aromatic nitrogens is 1. The molecule has 1 aromatic carbocycles. The molecule has 0 aliphatic heterocycles. The summed E-state index contributed by atoms with van der Waals surface area (Å²) in [5.74, 6) is -1.78. The zero-order valence-electron chi connectivity index (χ0n) is 34.8. The van der Waals surface area contributed by atoms with Gasteiger partial charge in [-0.1, -0.05) is 66.7 Å². The summed E-state index contributed by atoms with van der Waals surface area (Å²) < 4.78 is 5.35. The van der Waals surface area contributed by atoms with Gasteiger partial charge in [0.2, 0.25) is 23.6 Å². The van der Waals surface area contributed by atoms with E-state index < -0.39 is 59.7 Å². The smallest absolute Gasteiger partial charge is 0.408 e. The second kappa shape index (κ2) is 22.7. The molecule has 0 saturated heterocycles. The van der Waals surface area contributed by atoms with Crippen LogP contribution < -0.4 is 26.6 Å². The molecule has 6 atom stereocenters. The molecule has 1 unspecified atom stereocenters. The fraction of sp³-hybridized carbons (Fsp3) is 0.683. The van der Waals surface area contributed by atoms with Crippen LogP contribution >= 0.6 is 11.8 Å². The number of benzene rings is 1. The molecule has 0 spiro atoms. The van der Waals surface area contributed by atoms with Crippen molar-refractivity contribution >= 4 is 52.4 Å². The van der Waals surface area contributed by atoms with Crippen LogP contribution in [-0.2, 0) is 30.3 Å². The summed E-state index contributed by atoms with van der Waals surface area (Å²) in [6, 6.07) is 4.64. The summed E-state index contributed by atoms with van der Waals surface area (Å²) in [6.45, 7) is 18.8. The number of nitrogens with one attached hydrogen (secondary N) is 6. The third-order valence-corrected chi connectivity index (χ3v) is 9.78. The summed E-state index contributed by atoms with van der Waals surface area (Å²) in [5.41, 5.74) is 1.38. The lowest BCUT2D eigenvalue weighted by atomic mass is 9.91. The Bertz CT molecular complexity index is 1540. The van der Waals surface area contributed by atoms with E-state index in [2.05, 4.69) is 31.6 Å². The molecule has 0 bridgehead atoms. The number of rotatable bonds is 22. The van der Waals surface area contributed by atoms with Crippen LogP contribution in [0, 0.1) is 23.7 Å². The zero-order valence-corrected chi connectivity index (χ0v) is 35.7. The summed E-state index contributed by atoms with van der Waals surface area (Å²) >= 11 is 1.52. The first-order valence-electron chi connectivity index (χ1n) is 19.6. The third kappa shape index (κ3) is 16.9. The van der Waals surface area contributed by atoms with Crippen LogP contribution in [-0.4, -0.2) is 94.2 Å². The van der Waals surface area contributed by atoms with E-state index in [1.165, 1.54) is 11.8 Å². The highest BCUT2D eigenvalue weighted by atomic mass is 32.2. The molecule has 0 saturated carbocycles. The Labute approximate surface area is 332 Å². The highest BCUT2D eigenvalue weighted by molar-refractivity contribution is 7.98. The zero-order chi connectivity index (χ0) is 41.5. The van der Waals surface area contributed by atoms with Gasteiger partial charge in [-0.05, 0) is 94.3 Å². The summed E-state index contributed by atoms with van der Waals surface area (Å²) in [4.78, 5) is 69.8. The molecule has 5 amide bonds. The maximum atomic E-state index is 13.8. The van der Waals surface area contributed by atoms with Crippen LogP contribution in [0.2, 0.25) is 0 Å². The van der Waals surface area contributed by atoms with Gasteiger partial charge >= 0.3 is 6.09 Å². The van der Waals surface area contributed by atoms with Gasteiger partial charge in [0.1, 0.15) is 23.7 Å². The van der Waals surface area contributed by atoms with Crippen molar-refractivity contribution in [3.8, 4) is 0 Å². The van der Waals surface area contributed by atoms with Gasteiger partial charge in [-0.15, -0.1) is 0 Å². The fourth-order valence-electron chi connectivity index (χ4n) is 6.27. The Balaban J connectivity index is 2.09. The van der Waals surface area contributed by atoms with E-state index in [0.717, 1.165) is 16.5 Å². The molecule has 310 valence electrons. The Morgan fingerprint density at radius 3 is 2.04 bits per heavy atom. The number of carbonyl (C=O) groups is 5. The van der Waals surface area contributed by atoms with Gasteiger partial charge in [-0.3, -0.25) is 19.2 Å². The molecule has 7 N–H and O–H groups in total. The minimum Gasteiger partial charge on any atom is -0.444 e. The molecule has 2 aromatic rings. The maximum absolute atomic E-state index is 13.8. The van der Waals surface area contributed by atoms with Crippen molar-refractivity contribution in [3.63, 3.8) is 0 Å². The first kappa shape index (κ1) is 47.4. The summed E-state index contributed by atoms with van der Waals surface area (Å²) in [6.07, 6.45) is 3.88. The molecule has 0 aliphatic carbocycles. The SMILES string of the molecule is CSCCC(NC(=O)[C@@H](NC(=O)OC(C)(C)C)C(C)C)C(=O)N[C@@H](CC(C)C)[C@@H](O)C[C@@H](C)C(=O)N[C@@H](CC(C)C)C(=O)NCCc1c[nH]c2ccccc12. The molecule has 2 rings (SSSR count). The number of aliphatic hydroxyl groups excluding tert-OH is 1. The van der Waals surface area contributed by atoms with Gasteiger partial charge in [0.15, 0.2) is 0 Å². The highest BCUT2D eigenvalue weighted by Gasteiger charge is 2.33. The monoisotopic (exact) mass is 788 g/mol. The molecular formula is C41H68N6O7S. The number of aliphatic hydroxyl groups is 1. The Morgan fingerprint density at radius 2 is 1.44 bits per heavy atom. The highest BCUT2D eigenvalue weighted by Crippen LogP contribution is 2.19. The number of H-pyrrole nitrogens is 1. The van der Waals surface area contributed by atoms with Gasteiger partial charge in [-0.25, -0.2) is 4.79 Å². The summed E-state index contributed by atoms with van der Waals surface area (Å²) in [7, 11) is 0. The number of fused-ring (bicyclic) bond motifs is 1. The van der Waals surface area contributed by atoms with Crippen molar-refractivity contribution in [1.82, 2.24) is 31.6 Å². The van der Waals surface area contributed by atoms with Crippen molar-refractivity contribution in [3.05, 3.63) is 36.0 Å². The van der Waals surface area contributed by atoms with Crippen LogP contribution in [0.3, 0.4) is 0 Å². The number of thioether (sulfide) groups is 1. The van der Waals surface area contributed by atoms with Gasteiger partial charge < -0.3 is 41.4 Å². The molecule has 0 aliphatic rings. The number of aromatic amines is 1. The molecular weight excluding hydrogens is 721 g/mol. The van der Waals surface area contributed by atoms with Gasteiger partial charge in [0.05, 0.1) is 12.1 Å². The van der Waals surface area contributed by atoms with E-state index in [0.29, 0.717) is 38.0 Å². The average molecular weight is 789 g/mol. The van der Waals surface area contributed by atoms with Crippen LogP contribution in [0.5, 0.6) is 0 Å². The van der Waals surface area contributed by atoms with Crippen LogP contribution in [0.4, 0.5) is 4.79 Å². The van der Waals surface area contributed by atoms with E-state index in [-0.39, 0.29) is 36.0 Å². The molecule has 14 heteroatoms. The second-order valence-electron chi connectivity index (χ2n) is 16.8. The Kier molecular flexibility index (Phi) is 19.5. The standard InChI is InChI=1S/C41H68N6O7S/c1-24(2)20-32(45-38(51)31(17-19-55-11)44-39(52)35(26(5)6)47-40(53)54-41(8,9)10)34(48)22-27(7)36(49)46-33(21-25(3)4)37(50)42-18-16-28-23-43-30-15-13-12-14-29(28)30/h12-15,23-27,31-35,43,48H,16-22H2,1-11H3,(H,42,50)(H,44,52)(H,45,51)(H,46,49)(H,47,53)/t27-,31?,32+,33+,34+,35+/m1/s1. The number of alkyl carbamates (subject to hydrolysis) is 1. The first-order chi connectivity index (χ1) is 25.7. The van der Waals surface area contributed by atoms with Crippen molar-refractivity contribution in [2.75, 3.05) is 18.6 Å². The van der Waals surface area contributed by atoms with E-state index >= 15 is 0 Å². The third-order valence-electron chi connectivity index (χ3n) is 9.13. The predicted octanol–water partition coefficient (Wildman–Crippen LogP) is 5.06. The fourth-order valence-corrected chi connectivity index (χ4v) is 6.74. The van der Waals surface area contributed by atoms with E-state index in [4.69, 9.17) is 4.74 Å². The van der Waals surface area contributed by atoms with Crippen LogP contribution in [0.15, 0.2) is 30.5 Å². The lowest BCUT2D eigenvalue weighted by molar-refractivity contribution is -0.132. The topological polar surface area (TPSA) is 191 Å². The minimum absolute atomic E-state index is 0.0388. The van der Waals surface area contributed by atoms with E-state index in [9.17, 15) is 29.1 Å². The molecule has 0 radical (unpaired) electrons. The molecule has 1 aromatic heterocycles. The second-order valence-corrected chi connectivity index (χ2v) is 17.7. The van der Waals surface area contributed by atoms with Gasteiger partial charge in [0, 0.05) is 29.6 Å². The van der Waals surface area contributed by atoms with Crippen molar-refractivity contribution < 1.29 is 33.8 Å². The van der Waals surface area contributed by atoms with Crippen LogP contribution in [0.25, 0.3) is 10.9 Å². The number of ether oxygens (including phenoxy) is 1. The normalized spacial score (nSPS) is 15.2. The maximum Gasteiger partial charge on any atom is 0.408 e. The van der Waals surface area contributed by atoms with E-state index in [1.54, 1.807) is 41.5 Å². The number of hydrogen-bond donors (Lipinski definition) is 7. The van der Waals surface area contributed by atoms with Crippen molar-refractivity contribution in [2.45, 2.75) is 137 Å². The minimum atomic E-state index is -1.09. The lowest BCUT2D eigenvalue weighted by Crippen LogP contribution is -2.58. The van der Waals surface area contributed by atoms with Crippen molar-refractivity contribution in [1.29, 1.82) is 0 Å². The summed E-state index contributed by atoms with van der Waals surface area (Å²) in [5, 5.41) is 26.9. The number of carbonyl (C=O) groups excluding carboxylic acids is 5. The first-order valence-corrected chi connectivity index (χ1v) is 21.0. The van der Waals surface area contributed by atoms with Gasteiger partial charge in [-0.2, -0.15) is 11.8 Å². The molecule has 1 heterocycles. The number of hydrogen-bond acceptors (Lipinski definition) is 8. The molecule has 55 heavy (non-hydrogen) atoms. The number of amides is 5. The predicted molar refractivity (Wildman–Crippen MR) is 220 cm³/mol. The van der Waals surface area contributed by atoms with Crippen molar-refractivity contribution in [2.24, 2.45) is 23.7 Å². The largest absolute Gasteiger partial charge is 0.444 e. The average Bonchev–Trinajstić information content (AvgIpc) is 3.49. The van der Waals surface area contributed by atoms with E-state index in [1.807, 2.05) is 64.4 Å². The quantitative estimate of drug-likeness (QED) is 0.0862. The Hall–Kier alpha value is -3.78. The van der Waals surface area contributed by atoms with Gasteiger partial charge in [0.25, 0.3) is 0 Å². The number of para-hydroxylation sites is 1. The van der Waals surface area contributed by atoms with Crippen LogP contribution in [0.1, 0.15) is 100 Å². The molecule has 13 nitrogen and oxygen atoms in total. The Morgan fingerprint density at radius 1 is 0.800 bits per heavy atom.